The quantitative estimate of drug-likeness (QED) is 0.0918. The van der Waals surface area contributed by atoms with Gasteiger partial charge in [-0.3, -0.25) is 0 Å². The van der Waals surface area contributed by atoms with Crippen molar-refractivity contribution in [3.05, 3.63) is 131 Å². The number of halogens is 8. The van der Waals surface area contributed by atoms with E-state index in [0.717, 1.165) is 90.4 Å². The van der Waals surface area contributed by atoms with Crippen molar-refractivity contribution in [1.82, 2.24) is 0 Å². The van der Waals surface area contributed by atoms with Crippen molar-refractivity contribution in [2.45, 2.75) is 66.0 Å². The molecule has 0 aliphatic rings. The molecule has 6 aromatic rings. The summed E-state index contributed by atoms with van der Waals surface area (Å²) in [5, 5.41) is 4.47. The molecule has 0 atom stereocenters. The van der Waals surface area contributed by atoms with Gasteiger partial charge in [0.25, 0.3) is 0 Å². The molecule has 0 aromatic heterocycles. The number of hydrogen-bond acceptors (Lipinski definition) is 0. The molecule has 0 heterocycles. The van der Waals surface area contributed by atoms with Crippen LogP contribution in [0.1, 0.15) is 49.9 Å². The third kappa shape index (κ3) is 12.7. The van der Waals surface area contributed by atoms with Crippen molar-refractivity contribution in [3.8, 4) is 22.3 Å². The molecule has 6 aromatic carbocycles. The van der Waals surface area contributed by atoms with Gasteiger partial charge in [0.05, 0.1) is 11.1 Å². The molecule has 2 radical (unpaired) electrons. The van der Waals surface area contributed by atoms with E-state index in [9.17, 15) is 26.3 Å². The minimum atomic E-state index is -4.30. The van der Waals surface area contributed by atoms with Crippen LogP contribution in [0, 0.1) is 11.8 Å². The van der Waals surface area contributed by atoms with Crippen molar-refractivity contribution in [2.24, 2.45) is 11.8 Å². The Hall–Kier alpha value is -2.64. The second-order valence-electron chi connectivity index (χ2n) is 13.2. The SMILES string of the molecule is CC(C)Cc1cc2c(-c3ccc(C(F)(F)F)cc3)cccc2[cH-]1.CC(C)Cc1cc2c(-c3ccc(C(F)(F)F)cc3)cccc2[cH-]1.C[Si]C.[Cl-].[Cl-].[Zr+4]. The molecule has 0 spiro atoms. The Kier molecular flexibility index (Phi) is 18.9. The maximum Gasteiger partial charge on any atom is 4.00 e. The summed E-state index contributed by atoms with van der Waals surface area (Å²) < 4.78 is 76.2. The third-order valence-electron chi connectivity index (χ3n) is 7.96. The summed E-state index contributed by atoms with van der Waals surface area (Å²) in [6.07, 6.45) is -6.59. The van der Waals surface area contributed by atoms with Crippen molar-refractivity contribution < 1.29 is 77.4 Å². The third-order valence-corrected chi connectivity index (χ3v) is 7.96. The van der Waals surface area contributed by atoms with Crippen LogP contribution in [0.5, 0.6) is 0 Å². The van der Waals surface area contributed by atoms with Gasteiger partial charge in [0, 0.05) is 9.52 Å². The van der Waals surface area contributed by atoms with Crippen LogP contribution in [0.4, 0.5) is 26.3 Å². The van der Waals surface area contributed by atoms with Crippen molar-refractivity contribution in [1.29, 1.82) is 0 Å². The molecule has 0 unspecified atom stereocenters. The summed E-state index contributed by atoms with van der Waals surface area (Å²) in [6, 6.07) is 31.3. The van der Waals surface area contributed by atoms with Crippen molar-refractivity contribution in [2.75, 3.05) is 0 Å². The normalized spacial score (nSPS) is 11.2. The monoisotopic (exact) mass is 848 g/mol. The number of hydrogen-bond donors (Lipinski definition) is 0. The average molecular weight is 851 g/mol. The van der Waals surface area contributed by atoms with Crippen molar-refractivity contribution >= 4 is 31.1 Å². The molecular formula is C42H42Cl2F6SiZr. The minimum absolute atomic E-state index is 0. The molecule has 0 saturated heterocycles. The van der Waals surface area contributed by atoms with Crippen LogP contribution in [0.25, 0.3) is 43.8 Å². The van der Waals surface area contributed by atoms with E-state index < -0.39 is 23.5 Å². The Morgan fingerprint density at radius 3 is 1.12 bits per heavy atom. The maximum atomic E-state index is 12.7. The van der Waals surface area contributed by atoms with E-state index in [1.54, 1.807) is 24.3 Å². The van der Waals surface area contributed by atoms with E-state index in [1.165, 1.54) is 11.1 Å². The van der Waals surface area contributed by atoms with Crippen LogP contribution in [-0.4, -0.2) is 9.52 Å². The zero-order valence-electron chi connectivity index (χ0n) is 30.0. The van der Waals surface area contributed by atoms with Gasteiger partial charge in [-0.05, 0) is 60.1 Å². The first-order valence-electron chi connectivity index (χ1n) is 16.4. The zero-order chi connectivity index (χ0) is 35.9. The van der Waals surface area contributed by atoms with Crippen LogP contribution in [0.3, 0.4) is 0 Å². The fraction of sp³-hybridized carbons (Fsp3) is 0.286. The van der Waals surface area contributed by atoms with Crippen LogP contribution in [0.2, 0.25) is 13.1 Å². The molecule has 0 fully saturated rings. The molecular weight excluding hydrogens is 809 g/mol. The van der Waals surface area contributed by atoms with Crippen LogP contribution in [-0.2, 0) is 51.4 Å². The van der Waals surface area contributed by atoms with E-state index in [-0.39, 0.29) is 51.0 Å². The largest absolute Gasteiger partial charge is 4.00 e. The Balaban J connectivity index is 0.000000459. The Labute approximate surface area is 337 Å². The van der Waals surface area contributed by atoms with Gasteiger partial charge in [-0.2, -0.15) is 38.5 Å². The summed E-state index contributed by atoms with van der Waals surface area (Å²) >= 11 is 0. The van der Waals surface area contributed by atoms with E-state index in [2.05, 4.69) is 65.1 Å². The molecule has 0 nitrogen and oxygen atoms in total. The fourth-order valence-electron chi connectivity index (χ4n) is 5.95. The Morgan fingerprint density at radius 1 is 0.538 bits per heavy atom. The molecule has 0 bridgehead atoms. The standard InChI is InChI=1S/2C20H18F3.C2H6Si.2ClH.Zr/c2*1-13(2)10-14-11-16-4-3-5-18(19(16)12-14)15-6-8-17(9-7-15)20(21,22)23;1-3-2;;;/h2*3-9,11-13H,10H2,1-2H3;1-2H3;2*1H;/q2*-1;;;;+4/p-2. The molecule has 10 heteroatoms. The van der Waals surface area contributed by atoms with Gasteiger partial charge in [-0.25, -0.2) is 0 Å². The molecule has 0 N–H and O–H groups in total. The smallest absolute Gasteiger partial charge is 1.00 e. The molecule has 0 saturated carbocycles. The molecule has 6 rings (SSSR count). The maximum absolute atomic E-state index is 12.7. The van der Waals surface area contributed by atoms with Crippen LogP contribution >= 0.6 is 0 Å². The molecule has 0 aliphatic heterocycles. The number of rotatable bonds is 6. The first-order valence-corrected chi connectivity index (χ1v) is 18.4. The first kappa shape index (κ1) is 47.4. The Morgan fingerprint density at radius 2 is 0.846 bits per heavy atom. The van der Waals surface area contributed by atoms with Gasteiger partial charge in [0.1, 0.15) is 0 Å². The molecule has 52 heavy (non-hydrogen) atoms. The van der Waals surface area contributed by atoms with Gasteiger partial charge < -0.3 is 24.8 Å². The number of fused-ring (bicyclic) bond motifs is 2. The number of benzene rings is 4. The fourth-order valence-corrected chi connectivity index (χ4v) is 5.95. The molecule has 274 valence electrons. The van der Waals surface area contributed by atoms with E-state index >= 15 is 0 Å². The second-order valence-corrected chi connectivity index (χ2v) is 14.2. The minimum Gasteiger partial charge on any atom is -1.00 e. The summed E-state index contributed by atoms with van der Waals surface area (Å²) in [5.74, 6) is 1.14. The molecule has 0 aliphatic carbocycles. The van der Waals surface area contributed by atoms with E-state index in [1.807, 2.05) is 36.4 Å². The molecule has 0 amide bonds. The summed E-state index contributed by atoms with van der Waals surface area (Å²) in [7, 11) is 1.08. The summed E-state index contributed by atoms with van der Waals surface area (Å²) in [4.78, 5) is 0. The van der Waals surface area contributed by atoms with Crippen molar-refractivity contribution in [3.63, 3.8) is 0 Å². The van der Waals surface area contributed by atoms with E-state index in [4.69, 9.17) is 0 Å². The Bertz CT molecular complexity index is 1800. The van der Waals surface area contributed by atoms with Gasteiger partial charge in [-0.15, -0.1) is 69.1 Å². The van der Waals surface area contributed by atoms with Gasteiger partial charge >= 0.3 is 38.6 Å². The average Bonchev–Trinajstić information content (AvgIpc) is 3.63. The van der Waals surface area contributed by atoms with E-state index in [0.29, 0.717) is 11.8 Å². The summed E-state index contributed by atoms with van der Waals surface area (Å²) in [5.41, 5.74) is 4.89. The van der Waals surface area contributed by atoms with Gasteiger partial charge in [-0.1, -0.05) is 88.3 Å². The second kappa shape index (κ2) is 20.7. The first-order chi connectivity index (χ1) is 23.1. The van der Waals surface area contributed by atoms with Gasteiger partial charge in [0.2, 0.25) is 0 Å². The topological polar surface area (TPSA) is 0 Å². The van der Waals surface area contributed by atoms with Gasteiger partial charge in [0.15, 0.2) is 0 Å². The van der Waals surface area contributed by atoms with Crippen LogP contribution in [0.15, 0.2) is 109 Å². The van der Waals surface area contributed by atoms with Crippen LogP contribution < -0.4 is 24.8 Å². The predicted octanol–water partition coefficient (Wildman–Crippen LogP) is 7.68. The zero-order valence-corrected chi connectivity index (χ0v) is 35.0. The predicted molar refractivity (Wildman–Crippen MR) is 195 cm³/mol. The number of alkyl halides is 6. The summed E-state index contributed by atoms with van der Waals surface area (Å²) in [6.45, 7) is 13.0.